The zero-order chi connectivity index (χ0) is 23.8. The molecule has 1 aliphatic heterocycles. The highest BCUT2D eigenvalue weighted by molar-refractivity contribution is 7.84. The predicted molar refractivity (Wildman–Crippen MR) is 135 cm³/mol. The number of ether oxygens (including phenoxy) is 2. The number of aromatic amines is 1. The largest absolute Gasteiger partial charge is 0.497 e. The van der Waals surface area contributed by atoms with Crippen LogP contribution in [-0.4, -0.2) is 40.1 Å². The molecule has 0 saturated heterocycles. The number of halogens is 1. The van der Waals surface area contributed by atoms with E-state index in [9.17, 15) is 9.00 Å². The summed E-state index contributed by atoms with van der Waals surface area (Å²) < 4.78 is 23.1. The van der Waals surface area contributed by atoms with Gasteiger partial charge >= 0.3 is 6.09 Å². The number of methoxy groups -OCH3 is 1. The van der Waals surface area contributed by atoms with E-state index in [4.69, 9.17) is 21.1 Å². The lowest BCUT2D eigenvalue weighted by Crippen LogP contribution is -2.42. The number of benzene rings is 3. The minimum atomic E-state index is -1.08. The molecule has 5 rings (SSSR count). The number of carbonyl (C=O) groups excluding carboxylic acids is 1. The topological polar surface area (TPSA) is 71.6 Å². The molecule has 1 N–H and O–H groups in total. The maximum atomic E-state index is 13.3. The molecule has 1 amide bonds. The summed E-state index contributed by atoms with van der Waals surface area (Å²) in [5.74, 6) is 1.17. The Hall–Kier alpha value is -3.29. The van der Waals surface area contributed by atoms with Gasteiger partial charge in [-0.1, -0.05) is 23.7 Å². The Morgan fingerprint density at radius 1 is 1.09 bits per heavy atom. The van der Waals surface area contributed by atoms with Crippen LogP contribution in [0.3, 0.4) is 0 Å². The Labute approximate surface area is 206 Å². The van der Waals surface area contributed by atoms with Gasteiger partial charge in [0, 0.05) is 51.5 Å². The van der Waals surface area contributed by atoms with Crippen molar-refractivity contribution in [3.8, 4) is 11.5 Å². The first-order valence-electron chi connectivity index (χ1n) is 10.8. The third-order valence-corrected chi connectivity index (χ3v) is 7.28. The van der Waals surface area contributed by atoms with Crippen LogP contribution >= 0.6 is 11.6 Å². The Balaban J connectivity index is 0.00000289. The lowest BCUT2D eigenvalue weighted by molar-refractivity contribution is 0.135. The molecule has 34 heavy (non-hydrogen) atoms. The minimum Gasteiger partial charge on any atom is -0.497 e. The van der Waals surface area contributed by atoms with Crippen molar-refractivity contribution in [1.29, 1.82) is 0 Å². The van der Waals surface area contributed by atoms with Gasteiger partial charge in [-0.25, -0.2) is 4.79 Å². The van der Waals surface area contributed by atoms with E-state index in [1.165, 1.54) is 0 Å². The number of hydrogen-bond donors (Lipinski definition) is 1. The van der Waals surface area contributed by atoms with Crippen LogP contribution in [-0.2, 0) is 17.2 Å². The monoisotopic (exact) mass is 496 g/mol. The van der Waals surface area contributed by atoms with Gasteiger partial charge in [0.1, 0.15) is 17.5 Å². The van der Waals surface area contributed by atoms with Gasteiger partial charge in [0.2, 0.25) is 0 Å². The Morgan fingerprint density at radius 2 is 1.79 bits per heavy atom. The van der Waals surface area contributed by atoms with Crippen molar-refractivity contribution >= 4 is 39.4 Å². The van der Waals surface area contributed by atoms with E-state index < -0.39 is 16.9 Å². The molecule has 0 fully saturated rings. The molecule has 2 heterocycles. The Morgan fingerprint density at radius 3 is 2.47 bits per heavy atom. The zero-order valence-corrected chi connectivity index (χ0v) is 20.3. The summed E-state index contributed by atoms with van der Waals surface area (Å²) >= 11 is 5.97. The zero-order valence-electron chi connectivity index (χ0n) is 18.7. The number of H-pyrrole nitrogens is 1. The van der Waals surface area contributed by atoms with E-state index in [-0.39, 0.29) is 7.47 Å². The third kappa shape index (κ3) is 4.17. The van der Waals surface area contributed by atoms with E-state index in [0.29, 0.717) is 23.7 Å². The first-order valence-corrected chi connectivity index (χ1v) is 12.7. The fraction of sp³-hybridized carbons (Fsp3) is 0.192. The molecular formula is C26H25ClN2O4S. The van der Waals surface area contributed by atoms with Crippen molar-refractivity contribution in [2.24, 2.45) is 0 Å². The molecule has 0 spiro atoms. The molecule has 0 aliphatic carbocycles. The van der Waals surface area contributed by atoms with Gasteiger partial charge in [0.25, 0.3) is 0 Å². The average Bonchev–Trinajstić information content (AvgIpc) is 3.23. The number of hydrogen-bond acceptors (Lipinski definition) is 4. The second-order valence-corrected chi connectivity index (χ2v) is 9.94. The highest BCUT2D eigenvalue weighted by Gasteiger charge is 2.35. The molecule has 0 bridgehead atoms. The van der Waals surface area contributed by atoms with Crippen LogP contribution in [0.15, 0.2) is 71.6 Å². The summed E-state index contributed by atoms with van der Waals surface area (Å²) in [7, 11) is 0.543. The van der Waals surface area contributed by atoms with Crippen LogP contribution in [0.4, 0.5) is 4.79 Å². The smallest absolute Gasteiger partial charge is 0.416 e. The SMILES string of the molecule is COc1ccc(C2c3[nH]c4ccc(S(C)=O)cc4c3CCN2C(=O)Oc2ccc(Cl)cc2)cc1.[HH]. The van der Waals surface area contributed by atoms with Crippen molar-refractivity contribution in [2.75, 3.05) is 19.9 Å². The van der Waals surface area contributed by atoms with E-state index in [0.717, 1.165) is 38.4 Å². The van der Waals surface area contributed by atoms with Crippen LogP contribution in [0.2, 0.25) is 5.02 Å². The highest BCUT2D eigenvalue weighted by atomic mass is 35.5. The third-order valence-electron chi connectivity index (χ3n) is 6.12. The number of fused-ring (bicyclic) bond motifs is 3. The normalized spacial score (nSPS) is 16.2. The molecule has 2 atom stereocenters. The summed E-state index contributed by atoms with van der Waals surface area (Å²) in [5, 5.41) is 1.61. The van der Waals surface area contributed by atoms with Crippen molar-refractivity contribution in [3.05, 3.63) is 88.6 Å². The number of nitrogens with one attached hydrogen (secondary N) is 1. The Kier molecular flexibility index (Phi) is 6.06. The van der Waals surface area contributed by atoms with E-state index in [1.54, 1.807) is 42.5 Å². The lowest BCUT2D eigenvalue weighted by Gasteiger charge is -2.35. The van der Waals surface area contributed by atoms with E-state index in [1.807, 2.05) is 42.5 Å². The predicted octanol–water partition coefficient (Wildman–Crippen LogP) is 5.96. The molecule has 4 aromatic rings. The van der Waals surface area contributed by atoms with Crippen molar-refractivity contribution in [2.45, 2.75) is 17.4 Å². The molecule has 176 valence electrons. The number of amides is 1. The van der Waals surface area contributed by atoms with Gasteiger partial charge in [-0.3, -0.25) is 9.11 Å². The molecule has 1 aromatic heterocycles. The average molecular weight is 497 g/mol. The fourth-order valence-electron chi connectivity index (χ4n) is 4.44. The fourth-order valence-corrected chi connectivity index (χ4v) is 5.11. The molecule has 1 aliphatic rings. The minimum absolute atomic E-state index is 0. The Bertz CT molecular complexity index is 1390. The molecule has 0 saturated carbocycles. The molecule has 0 radical (unpaired) electrons. The second-order valence-electron chi connectivity index (χ2n) is 8.12. The number of aromatic nitrogens is 1. The number of carbonyl (C=O) groups is 1. The summed E-state index contributed by atoms with van der Waals surface area (Å²) in [5.41, 5.74) is 3.93. The summed E-state index contributed by atoms with van der Waals surface area (Å²) in [4.78, 5) is 19.3. The van der Waals surface area contributed by atoms with Gasteiger partial charge in [-0.15, -0.1) is 0 Å². The quantitative estimate of drug-likeness (QED) is 0.378. The van der Waals surface area contributed by atoms with Crippen LogP contribution in [0.25, 0.3) is 10.9 Å². The standard InChI is InChI=1S/C26H23ClN2O4S.H2/c1-32-18-7-3-16(4-8-18)25-24-21(22-15-20(34(2)31)11-12-23(22)28-24)13-14-29(25)26(30)33-19-9-5-17(27)6-10-19;/h3-12,15,25,28H,13-14H2,1-2H3;1H. The number of rotatable bonds is 4. The summed E-state index contributed by atoms with van der Waals surface area (Å²) in [6, 6.07) is 19.8. The first kappa shape index (κ1) is 22.5. The van der Waals surface area contributed by atoms with Gasteiger partial charge in [-0.05, 0) is 72.1 Å². The van der Waals surface area contributed by atoms with E-state index in [2.05, 4.69) is 4.98 Å². The molecule has 3 aromatic carbocycles. The second kappa shape index (κ2) is 9.16. The van der Waals surface area contributed by atoms with Crippen molar-refractivity contribution < 1.29 is 19.9 Å². The molecule has 2 unspecified atom stereocenters. The van der Waals surface area contributed by atoms with Gasteiger partial charge in [-0.2, -0.15) is 0 Å². The van der Waals surface area contributed by atoms with Gasteiger partial charge in [0.15, 0.2) is 0 Å². The summed E-state index contributed by atoms with van der Waals surface area (Å²) in [6.45, 7) is 0.475. The number of nitrogens with zero attached hydrogens (tertiary/aromatic N) is 1. The van der Waals surface area contributed by atoms with Gasteiger partial charge in [0.05, 0.1) is 7.11 Å². The molecule has 8 heteroatoms. The first-order chi connectivity index (χ1) is 16.4. The maximum absolute atomic E-state index is 13.3. The molecule has 6 nitrogen and oxygen atoms in total. The van der Waals surface area contributed by atoms with Crippen LogP contribution in [0.1, 0.15) is 24.3 Å². The van der Waals surface area contributed by atoms with Crippen LogP contribution in [0, 0.1) is 0 Å². The van der Waals surface area contributed by atoms with Crippen LogP contribution < -0.4 is 9.47 Å². The van der Waals surface area contributed by atoms with Gasteiger partial charge < -0.3 is 14.5 Å². The van der Waals surface area contributed by atoms with E-state index >= 15 is 0 Å². The summed E-state index contributed by atoms with van der Waals surface area (Å²) in [6.07, 6.45) is 1.88. The van der Waals surface area contributed by atoms with Crippen molar-refractivity contribution in [1.82, 2.24) is 9.88 Å². The van der Waals surface area contributed by atoms with Crippen LogP contribution in [0.5, 0.6) is 11.5 Å². The van der Waals surface area contributed by atoms with Crippen molar-refractivity contribution in [3.63, 3.8) is 0 Å². The lowest BCUT2D eigenvalue weighted by atomic mass is 9.92. The highest BCUT2D eigenvalue weighted by Crippen LogP contribution is 2.39. The maximum Gasteiger partial charge on any atom is 0.416 e. The molecular weight excluding hydrogens is 472 g/mol.